The molecule has 0 bridgehead atoms. The van der Waals surface area contributed by atoms with Crippen molar-refractivity contribution in [3.8, 4) is 5.75 Å². The van der Waals surface area contributed by atoms with E-state index in [9.17, 15) is 4.79 Å². The van der Waals surface area contributed by atoms with Crippen LogP contribution in [0.4, 0.5) is 11.5 Å². The van der Waals surface area contributed by atoms with E-state index in [0.717, 1.165) is 37.7 Å². The summed E-state index contributed by atoms with van der Waals surface area (Å²) in [4.78, 5) is 19.4. The number of benzene rings is 1. The van der Waals surface area contributed by atoms with Crippen molar-refractivity contribution < 1.29 is 9.53 Å². The number of para-hydroxylation sites is 2. The lowest BCUT2D eigenvalue weighted by atomic mass is 9.99. The van der Waals surface area contributed by atoms with E-state index in [0.29, 0.717) is 17.0 Å². The van der Waals surface area contributed by atoms with Gasteiger partial charge in [-0.15, -0.1) is 0 Å². The van der Waals surface area contributed by atoms with Crippen molar-refractivity contribution in [2.75, 3.05) is 23.3 Å². The molecule has 26 heavy (non-hydrogen) atoms. The van der Waals surface area contributed by atoms with E-state index in [4.69, 9.17) is 4.74 Å². The molecule has 1 aliphatic heterocycles. The largest absolute Gasteiger partial charge is 0.489 e. The predicted molar refractivity (Wildman–Crippen MR) is 105 cm³/mol. The van der Waals surface area contributed by atoms with Crippen molar-refractivity contribution in [3.05, 3.63) is 48.2 Å². The fourth-order valence-electron chi connectivity index (χ4n) is 3.09. The highest BCUT2D eigenvalue weighted by Gasteiger charge is 2.18. The number of rotatable bonds is 5. The number of nitrogens with one attached hydrogen (secondary N) is 1. The summed E-state index contributed by atoms with van der Waals surface area (Å²) in [6.45, 7) is 8.19. The van der Waals surface area contributed by atoms with Gasteiger partial charge in [-0.05, 0) is 56.9 Å². The lowest BCUT2D eigenvalue weighted by Gasteiger charge is -2.31. The maximum Gasteiger partial charge on any atom is 0.255 e. The smallest absolute Gasteiger partial charge is 0.255 e. The minimum Gasteiger partial charge on any atom is -0.489 e. The summed E-state index contributed by atoms with van der Waals surface area (Å²) in [7, 11) is 0. The summed E-state index contributed by atoms with van der Waals surface area (Å²) >= 11 is 0. The van der Waals surface area contributed by atoms with Crippen molar-refractivity contribution in [3.63, 3.8) is 0 Å². The SMILES string of the molecule is CC1CCN(c2cc(C(=O)Nc3ccccc3OC(C)C)ccn2)CC1. The van der Waals surface area contributed by atoms with E-state index in [-0.39, 0.29) is 12.0 Å². The number of piperidine rings is 1. The average molecular weight is 353 g/mol. The third-order valence-electron chi connectivity index (χ3n) is 4.61. The predicted octanol–water partition coefficient (Wildman–Crippen LogP) is 4.36. The van der Waals surface area contributed by atoms with Crippen LogP contribution >= 0.6 is 0 Å². The van der Waals surface area contributed by atoms with Gasteiger partial charge in [-0.2, -0.15) is 0 Å². The van der Waals surface area contributed by atoms with Crippen molar-refractivity contribution in [1.29, 1.82) is 0 Å². The second-order valence-electron chi connectivity index (χ2n) is 7.19. The molecule has 1 aromatic carbocycles. The van der Waals surface area contributed by atoms with Crippen LogP contribution in [0.5, 0.6) is 5.75 Å². The molecule has 5 nitrogen and oxygen atoms in total. The molecule has 0 spiro atoms. The standard InChI is InChI=1S/C21H27N3O2/c1-15(2)26-19-7-5-4-6-18(19)23-21(25)17-8-11-22-20(14-17)24-12-9-16(3)10-13-24/h4-8,11,14-16H,9-10,12-13H2,1-3H3,(H,23,25). The Morgan fingerprint density at radius 3 is 2.69 bits per heavy atom. The van der Waals surface area contributed by atoms with Gasteiger partial charge >= 0.3 is 0 Å². The summed E-state index contributed by atoms with van der Waals surface area (Å²) < 4.78 is 5.78. The Morgan fingerprint density at radius 2 is 1.96 bits per heavy atom. The van der Waals surface area contributed by atoms with Crippen LogP contribution in [0.2, 0.25) is 0 Å². The van der Waals surface area contributed by atoms with Gasteiger partial charge < -0.3 is 15.0 Å². The molecule has 2 aromatic rings. The lowest BCUT2D eigenvalue weighted by molar-refractivity contribution is 0.102. The van der Waals surface area contributed by atoms with E-state index in [1.807, 2.05) is 44.2 Å². The van der Waals surface area contributed by atoms with Crippen LogP contribution in [0.1, 0.15) is 44.0 Å². The molecule has 0 saturated carbocycles. The first-order valence-corrected chi connectivity index (χ1v) is 9.31. The van der Waals surface area contributed by atoms with Crippen LogP contribution < -0.4 is 15.0 Å². The first kappa shape index (κ1) is 18.2. The number of pyridine rings is 1. The van der Waals surface area contributed by atoms with E-state index in [1.54, 1.807) is 12.3 Å². The first-order valence-electron chi connectivity index (χ1n) is 9.31. The zero-order valence-electron chi connectivity index (χ0n) is 15.7. The minimum atomic E-state index is -0.154. The summed E-state index contributed by atoms with van der Waals surface area (Å²) in [6, 6.07) is 11.1. The molecule has 138 valence electrons. The van der Waals surface area contributed by atoms with Crippen LogP contribution in [0.3, 0.4) is 0 Å². The second-order valence-corrected chi connectivity index (χ2v) is 7.19. The molecule has 3 rings (SSSR count). The zero-order valence-corrected chi connectivity index (χ0v) is 15.7. The van der Waals surface area contributed by atoms with E-state index < -0.39 is 0 Å². The third kappa shape index (κ3) is 4.54. The van der Waals surface area contributed by atoms with E-state index >= 15 is 0 Å². The van der Waals surface area contributed by atoms with Crippen LogP contribution in [-0.2, 0) is 0 Å². The molecule has 1 saturated heterocycles. The van der Waals surface area contributed by atoms with Gasteiger partial charge in [0.1, 0.15) is 11.6 Å². The zero-order chi connectivity index (χ0) is 18.5. The molecule has 1 aliphatic rings. The maximum atomic E-state index is 12.7. The van der Waals surface area contributed by atoms with Gasteiger partial charge in [-0.3, -0.25) is 4.79 Å². The quantitative estimate of drug-likeness (QED) is 0.868. The molecule has 5 heteroatoms. The fourth-order valence-corrected chi connectivity index (χ4v) is 3.09. The Bertz CT molecular complexity index is 752. The van der Waals surface area contributed by atoms with Crippen LogP contribution in [0, 0.1) is 5.92 Å². The Balaban J connectivity index is 1.74. The topological polar surface area (TPSA) is 54.5 Å². The van der Waals surface area contributed by atoms with Gasteiger partial charge in [0.25, 0.3) is 5.91 Å². The minimum absolute atomic E-state index is 0.0436. The van der Waals surface area contributed by atoms with Gasteiger partial charge in [-0.1, -0.05) is 19.1 Å². The van der Waals surface area contributed by atoms with Crippen molar-refractivity contribution in [1.82, 2.24) is 4.98 Å². The fraction of sp³-hybridized carbons (Fsp3) is 0.429. The number of anilines is 2. The number of amides is 1. The Labute approximate surface area is 155 Å². The number of aromatic nitrogens is 1. The normalized spacial score (nSPS) is 15.2. The van der Waals surface area contributed by atoms with Crippen molar-refractivity contribution >= 4 is 17.4 Å². The second kappa shape index (κ2) is 8.21. The maximum absolute atomic E-state index is 12.7. The highest BCUT2D eigenvalue weighted by Crippen LogP contribution is 2.26. The molecule has 1 fully saturated rings. The van der Waals surface area contributed by atoms with Gasteiger partial charge in [0.15, 0.2) is 0 Å². The lowest BCUT2D eigenvalue weighted by Crippen LogP contribution is -2.33. The summed E-state index contributed by atoms with van der Waals surface area (Å²) in [5, 5.41) is 2.96. The Hall–Kier alpha value is -2.56. The van der Waals surface area contributed by atoms with Gasteiger partial charge in [-0.25, -0.2) is 4.98 Å². The average Bonchev–Trinajstić information content (AvgIpc) is 2.63. The van der Waals surface area contributed by atoms with Gasteiger partial charge in [0, 0.05) is 24.8 Å². The number of carbonyl (C=O) groups excluding carboxylic acids is 1. The molecular weight excluding hydrogens is 326 g/mol. The highest BCUT2D eigenvalue weighted by molar-refractivity contribution is 6.05. The molecule has 1 N–H and O–H groups in total. The van der Waals surface area contributed by atoms with E-state index in [2.05, 4.69) is 22.1 Å². The molecule has 1 aromatic heterocycles. The van der Waals surface area contributed by atoms with Crippen molar-refractivity contribution in [2.24, 2.45) is 5.92 Å². The molecule has 0 atom stereocenters. The molecule has 0 radical (unpaired) electrons. The molecule has 0 unspecified atom stereocenters. The van der Waals surface area contributed by atoms with Crippen molar-refractivity contribution in [2.45, 2.75) is 39.7 Å². The van der Waals surface area contributed by atoms with E-state index in [1.165, 1.54) is 0 Å². The number of ether oxygens (including phenoxy) is 1. The number of nitrogens with zero attached hydrogens (tertiary/aromatic N) is 2. The third-order valence-corrected chi connectivity index (χ3v) is 4.61. The van der Waals surface area contributed by atoms with Crippen LogP contribution in [0.25, 0.3) is 0 Å². The first-order chi connectivity index (χ1) is 12.5. The molecular formula is C21H27N3O2. The molecule has 0 aliphatic carbocycles. The number of hydrogen-bond acceptors (Lipinski definition) is 4. The van der Waals surface area contributed by atoms with Crippen LogP contribution in [0.15, 0.2) is 42.6 Å². The summed E-state index contributed by atoms with van der Waals surface area (Å²) in [5.74, 6) is 2.15. The molecule has 1 amide bonds. The number of hydrogen-bond donors (Lipinski definition) is 1. The summed E-state index contributed by atoms with van der Waals surface area (Å²) in [6.07, 6.45) is 4.08. The monoisotopic (exact) mass is 353 g/mol. The molecule has 2 heterocycles. The highest BCUT2D eigenvalue weighted by atomic mass is 16.5. The Morgan fingerprint density at radius 1 is 1.23 bits per heavy atom. The number of carbonyl (C=O) groups is 1. The van der Waals surface area contributed by atoms with Crippen LogP contribution in [-0.4, -0.2) is 30.1 Å². The van der Waals surface area contributed by atoms with Gasteiger partial charge in [0.2, 0.25) is 0 Å². The summed E-state index contributed by atoms with van der Waals surface area (Å²) in [5.41, 5.74) is 1.28. The Kier molecular flexibility index (Phi) is 5.76. The van der Waals surface area contributed by atoms with Gasteiger partial charge in [0.05, 0.1) is 11.8 Å².